The predicted molar refractivity (Wildman–Crippen MR) is 114 cm³/mol. The molecule has 2 aromatic carbocycles. The molecular formula is C21H16ClN3O4S. The van der Waals surface area contributed by atoms with Gasteiger partial charge < -0.3 is 14.5 Å². The zero-order valence-corrected chi connectivity index (χ0v) is 17.6. The number of aromatic nitrogens is 2. The van der Waals surface area contributed by atoms with Crippen molar-refractivity contribution in [2.45, 2.75) is 10.9 Å². The van der Waals surface area contributed by atoms with Gasteiger partial charge in [-0.1, -0.05) is 41.6 Å². The van der Waals surface area contributed by atoms with E-state index in [2.05, 4.69) is 9.97 Å². The quantitative estimate of drug-likeness (QED) is 0.349. The molecule has 0 atom stereocenters. The molecule has 1 aromatic heterocycles. The van der Waals surface area contributed by atoms with E-state index >= 15 is 0 Å². The van der Waals surface area contributed by atoms with E-state index in [1.165, 1.54) is 32.0 Å². The Morgan fingerprint density at radius 1 is 1.27 bits per heavy atom. The van der Waals surface area contributed by atoms with Crippen LogP contribution in [0, 0.1) is 11.3 Å². The van der Waals surface area contributed by atoms with E-state index in [9.17, 15) is 14.9 Å². The average Bonchev–Trinajstić information content (AvgIpc) is 2.77. The summed E-state index contributed by atoms with van der Waals surface area (Å²) >= 11 is 7.46. The summed E-state index contributed by atoms with van der Waals surface area (Å²) in [5.41, 5.74) is 0.899. The Hall–Kier alpha value is -3.28. The van der Waals surface area contributed by atoms with Gasteiger partial charge in [-0.3, -0.25) is 4.79 Å². The van der Waals surface area contributed by atoms with Gasteiger partial charge in [-0.2, -0.15) is 5.26 Å². The van der Waals surface area contributed by atoms with Gasteiger partial charge in [0.05, 0.1) is 19.9 Å². The average molecular weight is 442 g/mol. The van der Waals surface area contributed by atoms with E-state index in [0.717, 1.165) is 5.56 Å². The standard InChI is InChI=1S/C21H16ClN3O4S/c1-28-17-8-7-12(9-14(17)20(27)29-2)18-15(10-23)19(26)25-21(24-18)30-11-13-5-3-4-6-16(13)22/h3-9H,11H2,1-2H3,(H,24,25,26). The second-order valence-electron chi connectivity index (χ2n) is 5.99. The Morgan fingerprint density at radius 3 is 2.70 bits per heavy atom. The fourth-order valence-corrected chi connectivity index (χ4v) is 3.87. The molecular weight excluding hydrogens is 426 g/mol. The summed E-state index contributed by atoms with van der Waals surface area (Å²) in [6, 6.07) is 13.9. The first kappa shape index (κ1) is 21.4. The number of esters is 1. The molecule has 30 heavy (non-hydrogen) atoms. The van der Waals surface area contributed by atoms with Crippen LogP contribution < -0.4 is 10.3 Å². The Bertz CT molecular complexity index is 1200. The van der Waals surface area contributed by atoms with Crippen LogP contribution in [-0.4, -0.2) is 30.2 Å². The van der Waals surface area contributed by atoms with Crippen molar-refractivity contribution in [1.82, 2.24) is 9.97 Å². The first-order valence-corrected chi connectivity index (χ1v) is 10.0. The fourth-order valence-electron chi connectivity index (χ4n) is 2.72. The summed E-state index contributed by atoms with van der Waals surface area (Å²) in [6.45, 7) is 0. The number of hydrogen-bond donors (Lipinski definition) is 1. The molecule has 0 radical (unpaired) electrons. The lowest BCUT2D eigenvalue weighted by Gasteiger charge is -2.11. The van der Waals surface area contributed by atoms with Gasteiger partial charge in [-0.05, 0) is 29.8 Å². The van der Waals surface area contributed by atoms with Crippen LogP contribution >= 0.6 is 23.4 Å². The van der Waals surface area contributed by atoms with E-state index in [1.54, 1.807) is 18.2 Å². The first-order chi connectivity index (χ1) is 14.5. The summed E-state index contributed by atoms with van der Waals surface area (Å²) in [5, 5.41) is 10.4. The molecule has 7 nitrogen and oxygen atoms in total. The monoisotopic (exact) mass is 441 g/mol. The molecule has 0 unspecified atom stereocenters. The van der Waals surface area contributed by atoms with Crippen molar-refractivity contribution in [3.63, 3.8) is 0 Å². The Kier molecular flexibility index (Phi) is 6.77. The SMILES string of the molecule is COC(=O)c1cc(-c2nc(SCc3ccccc3Cl)[nH]c(=O)c2C#N)ccc1OC. The lowest BCUT2D eigenvalue weighted by molar-refractivity contribution is 0.0597. The number of nitriles is 1. The Balaban J connectivity index is 2.04. The number of ether oxygens (including phenoxy) is 2. The van der Waals surface area contributed by atoms with Crippen molar-refractivity contribution >= 4 is 29.3 Å². The number of nitrogens with one attached hydrogen (secondary N) is 1. The van der Waals surface area contributed by atoms with Gasteiger partial charge in [-0.25, -0.2) is 9.78 Å². The third-order valence-corrected chi connectivity index (χ3v) is 5.50. The number of thioether (sulfide) groups is 1. The normalized spacial score (nSPS) is 10.3. The highest BCUT2D eigenvalue weighted by atomic mass is 35.5. The highest BCUT2D eigenvalue weighted by Gasteiger charge is 2.19. The van der Waals surface area contributed by atoms with Crippen molar-refractivity contribution in [3.8, 4) is 23.1 Å². The molecule has 1 heterocycles. The molecule has 0 amide bonds. The van der Waals surface area contributed by atoms with E-state index in [0.29, 0.717) is 27.2 Å². The molecule has 0 aliphatic carbocycles. The zero-order chi connectivity index (χ0) is 21.7. The number of hydrogen-bond acceptors (Lipinski definition) is 7. The zero-order valence-electron chi connectivity index (χ0n) is 16.1. The van der Waals surface area contributed by atoms with Gasteiger partial charge in [0.1, 0.15) is 22.9 Å². The number of aromatic amines is 1. The molecule has 0 saturated heterocycles. The van der Waals surface area contributed by atoms with Crippen LogP contribution in [0.5, 0.6) is 5.75 Å². The van der Waals surface area contributed by atoms with E-state index in [4.69, 9.17) is 21.1 Å². The molecule has 0 aliphatic heterocycles. The maximum absolute atomic E-state index is 12.5. The molecule has 3 rings (SSSR count). The number of halogens is 1. The van der Waals surface area contributed by atoms with Crippen LogP contribution in [-0.2, 0) is 10.5 Å². The van der Waals surface area contributed by atoms with Crippen molar-refractivity contribution in [1.29, 1.82) is 5.26 Å². The lowest BCUT2D eigenvalue weighted by Crippen LogP contribution is -2.15. The van der Waals surface area contributed by atoms with Gasteiger partial charge in [0.2, 0.25) is 0 Å². The third-order valence-electron chi connectivity index (χ3n) is 4.21. The van der Waals surface area contributed by atoms with Crippen LogP contribution in [0.2, 0.25) is 5.02 Å². The lowest BCUT2D eigenvalue weighted by atomic mass is 10.0. The number of benzene rings is 2. The smallest absolute Gasteiger partial charge is 0.341 e. The Labute approximate surface area is 181 Å². The maximum Gasteiger partial charge on any atom is 0.341 e. The van der Waals surface area contributed by atoms with Crippen molar-refractivity contribution in [2.24, 2.45) is 0 Å². The summed E-state index contributed by atoms with van der Waals surface area (Å²) in [7, 11) is 2.68. The molecule has 0 fully saturated rings. The second-order valence-corrected chi connectivity index (χ2v) is 7.36. The molecule has 1 N–H and O–H groups in total. The maximum atomic E-state index is 12.5. The number of methoxy groups -OCH3 is 2. The summed E-state index contributed by atoms with van der Waals surface area (Å²) in [6.07, 6.45) is 0. The minimum absolute atomic E-state index is 0.155. The van der Waals surface area contributed by atoms with Crippen LogP contribution in [0.4, 0.5) is 0 Å². The number of nitrogens with zero attached hydrogens (tertiary/aromatic N) is 2. The summed E-state index contributed by atoms with van der Waals surface area (Å²) in [5.74, 6) is 0.178. The number of carbonyl (C=O) groups excluding carboxylic acids is 1. The topological polar surface area (TPSA) is 105 Å². The predicted octanol–water partition coefficient (Wildman–Crippen LogP) is 4.05. The van der Waals surface area contributed by atoms with Crippen LogP contribution in [0.1, 0.15) is 21.5 Å². The van der Waals surface area contributed by atoms with E-state index in [1.807, 2.05) is 24.3 Å². The number of rotatable bonds is 6. The van der Waals surface area contributed by atoms with Crippen molar-refractivity contribution in [2.75, 3.05) is 14.2 Å². The largest absolute Gasteiger partial charge is 0.496 e. The first-order valence-electron chi connectivity index (χ1n) is 8.65. The van der Waals surface area contributed by atoms with Crippen molar-refractivity contribution in [3.05, 3.63) is 74.5 Å². The molecule has 152 valence electrons. The van der Waals surface area contributed by atoms with E-state index in [-0.39, 0.29) is 16.8 Å². The van der Waals surface area contributed by atoms with E-state index < -0.39 is 11.5 Å². The van der Waals surface area contributed by atoms with Gasteiger partial charge >= 0.3 is 5.97 Å². The van der Waals surface area contributed by atoms with Crippen LogP contribution in [0.3, 0.4) is 0 Å². The van der Waals surface area contributed by atoms with Gasteiger partial charge in [0, 0.05) is 16.3 Å². The molecule has 3 aromatic rings. The summed E-state index contributed by atoms with van der Waals surface area (Å²) in [4.78, 5) is 31.6. The number of carbonyl (C=O) groups is 1. The highest BCUT2D eigenvalue weighted by molar-refractivity contribution is 7.98. The van der Waals surface area contributed by atoms with Gasteiger partial charge in [0.15, 0.2) is 5.16 Å². The van der Waals surface area contributed by atoms with Crippen LogP contribution in [0.25, 0.3) is 11.3 Å². The summed E-state index contributed by atoms with van der Waals surface area (Å²) < 4.78 is 9.97. The van der Waals surface area contributed by atoms with Crippen molar-refractivity contribution < 1.29 is 14.3 Å². The highest BCUT2D eigenvalue weighted by Crippen LogP contribution is 2.29. The second kappa shape index (κ2) is 9.48. The van der Waals surface area contributed by atoms with Gasteiger partial charge in [0.25, 0.3) is 5.56 Å². The van der Waals surface area contributed by atoms with Gasteiger partial charge in [-0.15, -0.1) is 0 Å². The minimum atomic E-state index is -0.606. The molecule has 0 aliphatic rings. The molecule has 0 spiro atoms. The third kappa shape index (κ3) is 4.48. The minimum Gasteiger partial charge on any atom is -0.496 e. The van der Waals surface area contributed by atoms with Crippen LogP contribution in [0.15, 0.2) is 52.4 Å². The number of H-pyrrole nitrogens is 1. The molecule has 0 bridgehead atoms. The fraction of sp³-hybridized carbons (Fsp3) is 0.143. The molecule has 0 saturated carbocycles. The Morgan fingerprint density at radius 2 is 2.03 bits per heavy atom. The molecule has 9 heteroatoms.